The zero-order chi connectivity index (χ0) is 11.0. The highest BCUT2D eigenvalue weighted by Gasteiger charge is 2.30. The van der Waals surface area contributed by atoms with Gasteiger partial charge in [-0.25, -0.2) is 0 Å². The van der Waals surface area contributed by atoms with Gasteiger partial charge >= 0.3 is 0 Å². The molecule has 1 nitrogen and oxygen atoms in total. The molecule has 0 saturated heterocycles. The fraction of sp³-hybridized carbons (Fsp3) is 0.600. The second kappa shape index (κ2) is 4.12. The van der Waals surface area contributed by atoms with E-state index in [4.69, 9.17) is 0 Å². The molecule has 0 saturated carbocycles. The molecule has 2 aliphatic rings. The quantitative estimate of drug-likeness (QED) is 0.742. The summed E-state index contributed by atoms with van der Waals surface area (Å²) in [6.07, 6.45) is 6.72. The van der Waals surface area contributed by atoms with Crippen LogP contribution in [0.3, 0.4) is 0 Å². The van der Waals surface area contributed by atoms with E-state index in [-0.39, 0.29) is 0 Å². The van der Waals surface area contributed by atoms with Crippen molar-refractivity contribution in [3.8, 4) is 0 Å². The Labute approximate surface area is 98.5 Å². The lowest BCUT2D eigenvalue weighted by Crippen LogP contribution is -2.31. The Morgan fingerprint density at radius 3 is 3.12 bits per heavy atom. The van der Waals surface area contributed by atoms with E-state index < -0.39 is 0 Å². The third-order valence-corrected chi connectivity index (χ3v) is 4.21. The number of hydrogen-bond acceptors (Lipinski definition) is 1. The first-order valence-electron chi connectivity index (χ1n) is 6.77. The largest absolute Gasteiger partial charge is 0.371 e. The fourth-order valence-electron chi connectivity index (χ4n) is 3.34. The summed E-state index contributed by atoms with van der Waals surface area (Å²) in [5.41, 5.74) is 4.88. The summed E-state index contributed by atoms with van der Waals surface area (Å²) in [7, 11) is 0. The van der Waals surface area contributed by atoms with Gasteiger partial charge in [-0.2, -0.15) is 0 Å². The van der Waals surface area contributed by atoms with Gasteiger partial charge in [0.25, 0.3) is 0 Å². The number of unbranched alkanes of at least 4 members (excludes halogenated alkanes) is 1. The summed E-state index contributed by atoms with van der Waals surface area (Å²) in [6.45, 7) is 4.81. The van der Waals surface area contributed by atoms with Gasteiger partial charge in [0.15, 0.2) is 0 Å². The van der Waals surface area contributed by atoms with Crippen molar-refractivity contribution in [2.45, 2.75) is 44.9 Å². The molecule has 1 heterocycles. The summed E-state index contributed by atoms with van der Waals surface area (Å²) >= 11 is 0. The van der Waals surface area contributed by atoms with E-state index in [9.17, 15) is 0 Å². The maximum atomic E-state index is 2.62. The third-order valence-electron chi connectivity index (χ3n) is 4.21. The molecule has 0 bridgehead atoms. The molecule has 0 unspecified atom stereocenters. The Bertz CT molecular complexity index is 383. The smallest absolute Gasteiger partial charge is 0.0404 e. The van der Waals surface area contributed by atoms with E-state index in [0.29, 0.717) is 0 Å². The molecule has 16 heavy (non-hydrogen) atoms. The molecule has 0 radical (unpaired) electrons. The average Bonchev–Trinajstić information content (AvgIpc) is 2.74. The zero-order valence-electron chi connectivity index (χ0n) is 10.2. The second-order valence-corrected chi connectivity index (χ2v) is 5.21. The van der Waals surface area contributed by atoms with Crippen molar-refractivity contribution in [3.05, 3.63) is 29.3 Å². The van der Waals surface area contributed by atoms with E-state index >= 15 is 0 Å². The molecule has 1 atom stereocenters. The Morgan fingerprint density at radius 1 is 1.31 bits per heavy atom. The molecule has 0 fully saturated rings. The van der Waals surface area contributed by atoms with E-state index in [1.165, 1.54) is 45.2 Å². The molecule has 1 aromatic carbocycles. The number of hydrogen-bond donors (Lipinski definition) is 0. The summed E-state index contributed by atoms with van der Waals surface area (Å²) in [6, 6.07) is 6.93. The molecule has 0 spiro atoms. The first kappa shape index (κ1) is 10.2. The number of anilines is 1. The van der Waals surface area contributed by atoms with E-state index in [1.54, 1.807) is 16.8 Å². The van der Waals surface area contributed by atoms with Crippen LogP contribution in [0.2, 0.25) is 0 Å². The monoisotopic (exact) mass is 215 g/mol. The van der Waals surface area contributed by atoms with Crippen LogP contribution in [0.25, 0.3) is 0 Å². The summed E-state index contributed by atoms with van der Waals surface area (Å²) < 4.78 is 0. The molecule has 1 aromatic rings. The van der Waals surface area contributed by atoms with Gasteiger partial charge in [-0.3, -0.25) is 0 Å². The molecule has 1 aliphatic heterocycles. The SMILES string of the molecule is CCCCN1CC[C@H]2CCc3cccc1c32. The van der Waals surface area contributed by atoms with Crippen LogP contribution < -0.4 is 4.90 Å². The standard InChI is InChI=1S/C15H21N/c1-2-3-10-16-11-9-13-8-7-12-5-4-6-14(16)15(12)13/h4-6,13H,2-3,7-11H2,1H3/t13-/m1/s1. The van der Waals surface area contributed by atoms with Gasteiger partial charge in [0.05, 0.1) is 0 Å². The van der Waals surface area contributed by atoms with Crippen molar-refractivity contribution in [2.24, 2.45) is 0 Å². The Hall–Kier alpha value is -0.980. The minimum Gasteiger partial charge on any atom is -0.371 e. The minimum atomic E-state index is 0.879. The predicted octanol–water partition coefficient (Wildman–Crippen LogP) is 3.73. The number of nitrogens with zero attached hydrogens (tertiary/aromatic N) is 1. The van der Waals surface area contributed by atoms with Crippen molar-refractivity contribution in [2.75, 3.05) is 18.0 Å². The Morgan fingerprint density at radius 2 is 2.25 bits per heavy atom. The predicted molar refractivity (Wildman–Crippen MR) is 69.2 cm³/mol. The highest BCUT2D eigenvalue weighted by atomic mass is 15.1. The van der Waals surface area contributed by atoms with Gasteiger partial charge in [-0.15, -0.1) is 0 Å². The van der Waals surface area contributed by atoms with Gasteiger partial charge in [0.2, 0.25) is 0 Å². The fourth-order valence-corrected chi connectivity index (χ4v) is 3.34. The van der Waals surface area contributed by atoms with E-state index in [1.807, 2.05) is 0 Å². The van der Waals surface area contributed by atoms with Gasteiger partial charge in [0, 0.05) is 18.8 Å². The number of rotatable bonds is 3. The van der Waals surface area contributed by atoms with Crippen LogP contribution in [0.15, 0.2) is 18.2 Å². The molecular formula is C15H21N. The van der Waals surface area contributed by atoms with Gasteiger partial charge in [-0.05, 0) is 48.8 Å². The lowest BCUT2D eigenvalue weighted by atomic mass is 9.91. The molecule has 3 rings (SSSR count). The van der Waals surface area contributed by atoms with E-state index in [0.717, 1.165) is 5.92 Å². The molecule has 0 N–H and O–H groups in total. The van der Waals surface area contributed by atoms with E-state index in [2.05, 4.69) is 30.0 Å². The Kier molecular flexibility index (Phi) is 2.62. The van der Waals surface area contributed by atoms with Crippen LogP contribution in [0.5, 0.6) is 0 Å². The Balaban J connectivity index is 1.93. The van der Waals surface area contributed by atoms with Gasteiger partial charge < -0.3 is 4.90 Å². The summed E-state index contributed by atoms with van der Waals surface area (Å²) in [5, 5.41) is 0. The zero-order valence-corrected chi connectivity index (χ0v) is 10.2. The summed E-state index contributed by atoms with van der Waals surface area (Å²) in [5.74, 6) is 0.879. The normalized spacial score (nSPS) is 22.3. The van der Waals surface area contributed by atoms with Crippen molar-refractivity contribution in [1.82, 2.24) is 0 Å². The minimum absolute atomic E-state index is 0.879. The second-order valence-electron chi connectivity index (χ2n) is 5.21. The maximum absolute atomic E-state index is 2.62. The number of aryl methyl sites for hydroxylation is 1. The summed E-state index contributed by atoms with van der Waals surface area (Å²) in [4.78, 5) is 2.62. The highest BCUT2D eigenvalue weighted by Crippen LogP contribution is 2.44. The first-order chi connectivity index (χ1) is 7.90. The topological polar surface area (TPSA) is 3.24 Å². The first-order valence-corrected chi connectivity index (χ1v) is 6.77. The molecular weight excluding hydrogens is 194 g/mol. The highest BCUT2D eigenvalue weighted by molar-refractivity contribution is 5.62. The number of benzene rings is 1. The van der Waals surface area contributed by atoms with Crippen LogP contribution in [0.4, 0.5) is 5.69 Å². The van der Waals surface area contributed by atoms with Crippen LogP contribution in [-0.2, 0) is 6.42 Å². The van der Waals surface area contributed by atoms with Crippen LogP contribution in [-0.4, -0.2) is 13.1 Å². The van der Waals surface area contributed by atoms with Crippen molar-refractivity contribution in [3.63, 3.8) is 0 Å². The van der Waals surface area contributed by atoms with Crippen molar-refractivity contribution < 1.29 is 0 Å². The van der Waals surface area contributed by atoms with Crippen LogP contribution in [0, 0.1) is 0 Å². The molecule has 1 aliphatic carbocycles. The molecule has 0 aromatic heterocycles. The average molecular weight is 215 g/mol. The van der Waals surface area contributed by atoms with Crippen LogP contribution in [0.1, 0.15) is 49.7 Å². The van der Waals surface area contributed by atoms with Gasteiger partial charge in [-0.1, -0.05) is 25.5 Å². The molecule has 0 amide bonds. The third kappa shape index (κ3) is 1.53. The van der Waals surface area contributed by atoms with Crippen LogP contribution >= 0.6 is 0 Å². The molecule has 1 heteroatoms. The van der Waals surface area contributed by atoms with Crippen molar-refractivity contribution >= 4 is 5.69 Å². The lowest BCUT2D eigenvalue weighted by molar-refractivity contribution is 0.567. The molecule has 86 valence electrons. The van der Waals surface area contributed by atoms with Crippen molar-refractivity contribution in [1.29, 1.82) is 0 Å². The lowest BCUT2D eigenvalue weighted by Gasteiger charge is -2.34. The van der Waals surface area contributed by atoms with Gasteiger partial charge in [0.1, 0.15) is 0 Å². The maximum Gasteiger partial charge on any atom is 0.0404 e.